The minimum Gasteiger partial charge on any atom is -0.493 e. The van der Waals surface area contributed by atoms with Crippen molar-refractivity contribution in [3.05, 3.63) is 52.1 Å². The Morgan fingerprint density at radius 3 is 2.51 bits per heavy atom. The molecule has 208 valence electrons. The van der Waals surface area contributed by atoms with Gasteiger partial charge in [-0.3, -0.25) is 9.59 Å². The van der Waals surface area contributed by atoms with Crippen molar-refractivity contribution in [1.29, 1.82) is 5.26 Å². The number of amidine groups is 1. The number of nitrogens with zero attached hydrogens (tertiary/aromatic N) is 4. The highest BCUT2D eigenvalue weighted by Crippen LogP contribution is 2.40. The van der Waals surface area contributed by atoms with Crippen LogP contribution in [0.2, 0.25) is 0 Å². The lowest BCUT2D eigenvalue weighted by Crippen LogP contribution is -2.31. The number of unbranched alkanes of at least 4 members (excludes halogenated alkanes) is 1. The van der Waals surface area contributed by atoms with Gasteiger partial charge in [-0.25, -0.2) is 0 Å². The summed E-state index contributed by atoms with van der Waals surface area (Å²) in [4.78, 5) is 30.1. The van der Waals surface area contributed by atoms with Crippen LogP contribution < -0.4 is 19.7 Å². The topological polar surface area (TPSA) is 107 Å². The monoisotopic (exact) mass is 597 g/mol. The van der Waals surface area contributed by atoms with Crippen LogP contribution in [-0.4, -0.2) is 63.8 Å². The van der Waals surface area contributed by atoms with Gasteiger partial charge in [0.05, 0.1) is 48.0 Å². The van der Waals surface area contributed by atoms with E-state index in [9.17, 15) is 9.59 Å². The Morgan fingerprint density at radius 2 is 1.95 bits per heavy atom. The van der Waals surface area contributed by atoms with Gasteiger partial charge in [-0.2, -0.15) is 9.28 Å². The van der Waals surface area contributed by atoms with Crippen LogP contribution in [-0.2, 0) is 12.0 Å². The summed E-state index contributed by atoms with van der Waals surface area (Å²) in [5.41, 5.74) is 4.15. The maximum atomic E-state index is 13.7. The van der Waals surface area contributed by atoms with Gasteiger partial charge in [0, 0.05) is 56.5 Å². The zero-order chi connectivity index (χ0) is 28.9. The normalized spacial score (nSPS) is 13.6. The molecule has 0 spiro atoms. The molecular weight excluding hydrogens is 562 g/mol. The number of methoxy groups -OCH3 is 1. The van der Waals surface area contributed by atoms with E-state index in [1.807, 2.05) is 42.1 Å². The number of nitrogens with one attached hydrogen (secondary N) is 1. The molecule has 1 aliphatic heterocycles. The lowest BCUT2D eigenvalue weighted by atomic mass is 9.84. The molecule has 9 nitrogen and oxygen atoms in total. The first-order valence-electron chi connectivity index (χ1n) is 12.7. The highest BCUT2D eigenvalue weighted by molar-refractivity contribution is 9.08. The van der Waals surface area contributed by atoms with E-state index in [0.717, 1.165) is 22.4 Å². The van der Waals surface area contributed by atoms with E-state index in [1.165, 1.54) is 0 Å². The zero-order valence-electron chi connectivity index (χ0n) is 23.6. The Hall–Kier alpha value is -3.58. The number of halogens is 1. The van der Waals surface area contributed by atoms with Crippen molar-refractivity contribution in [3.63, 3.8) is 0 Å². The number of benzene rings is 2. The molecule has 0 fully saturated rings. The van der Waals surface area contributed by atoms with E-state index < -0.39 is 0 Å². The van der Waals surface area contributed by atoms with Crippen molar-refractivity contribution in [1.82, 2.24) is 10.2 Å². The standard InChI is InChI=1S/C29H36BrN5O4/c1-29(2,3)22-12-18(14-25(26(22)38-7)39-11-9-8-10-31)24(36)17-35-16-19-13-23(34(5)6)21(28(37)32-4)15-20(19)27(35)33-30/h12-15H,8-9,11,16-17H2,1-7H3,(H,32,37)/b33-27-. The Bertz CT molecular complexity index is 1320. The number of fused-ring (bicyclic) bond motifs is 1. The van der Waals surface area contributed by atoms with Crippen molar-refractivity contribution in [2.45, 2.75) is 45.6 Å². The number of hydrogen-bond acceptors (Lipinski definition) is 7. The smallest absolute Gasteiger partial charge is 0.253 e. The second kappa shape index (κ2) is 12.5. The number of nitriles is 1. The van der Waals surface area contributed by atoms with E-state index in [4.69, 9.17) is 14.7 Å². The molecule has 0 unspecified atom stereocenters. The molecule has 0 atom stereocenters. The van der Waals surface area contributed by atoms with Crippen molar-refractivity contribution in [3.8, 4) is 17.6 Å². The van der Waals surface area contributed by atoms with Crippen LogP contribution >= 0.6 is 16.1 Å². The molecule has 39 heavy (non-hydrogen) atoms. The molecule has 1 aliphatic rings. The number of anilines is 1. The van der Waals surface area contributed by atoms with E-state index >= 15 is 0 Å². The molecule has 0 bridgehead atoms. The molecule has 2 aromatic rings. The predicted molar refractivity (Wildman–Crippen MR) is 156 cm³/mol. The molecule has 0 saturated heterocycles. The van der Waals surface area contributed by atoms with Gasteiger partial charge in [0.2, 0.25) is 0 Å². The Labute approximate surface area is 239 Å². The highest BCUT2D eigenvalue weighted by Gasteiger charge is 2.31. The molecule has 0 saturated carbocycles. The second-order valence-corrected chi connectivity index (χ2v) is 11.0. The minimum absolute atomic E-state index is 0.0789. The van der Waals surface area contributed by atoms with Crippen LogP contribution in [0.25, 0.3) is 0 Å². The van der Waals surface area contributed by atoms with Crippen molar-refractivity contribution < 1.29 is 19.1 Å². The third-order valence-corrected chi connectivity index (χ3v) is 6.91. The Balaban J connectivity index is 1.97. The van der Waals surface area contributed by atoms with Crippen LogP contribution in [0.3, 0.4) is 0 Å². The summed E-state index contributed by atoms with van der Waals surface area (Å²) in [5.74, 6) is 1.36. The number of rotatable bonds is 10. The van der Waals surface area contributed by atoms with E-state index in [0.29, 0.717) is 54.5 Å². The fourth-order valence-electron chi connectivity index (χ4n) is 4.57. The largest absolute Gasteiger partial charge is 0.493 e. The summed E-state index contributed by atoms with van der Waals surface area (Å²) >= 11 is 3.23. The maximum absolute atomic E-state index is 13.7. The molecule has 1 N–H and O–H groups in total. The van der Waals surface area contributed by atoms with Crippen molar-refractivity contribution >= 4 is 39.4 Å². The molecule has 0 aromatic heterocycles. The van der Waals surface area contributed by atoms with Crippen LogP contribution in [0.4, 0.5) is 5.69 Å². The van der Waals surface area contributed by atoms with Gasteiger partial charge < -0.3 is 24.6 Å². The van der Waals surface area contributed by atoms with Crippen LogP contribution in [0.1, 0.15) is 71.0 Å². The molecular formula is C29H36BrN5O4. The third-order valence-electron chi connectivity index (χ3n) is 6.57. The van der Waals surface area contributed by atoms with E-state index in [-0.39, 0.29) is 23.7 Å². The van der Waals surface area contributed by atoms with E-state index in [1.54, 1.807) is 20.2 Å². The second-order valence-electron chi connectivity index (χ2n) is 10.6. The molecule has 0 aliphatic carbocycles. The summed E-state index contributed by atoms with van der Waals surface area (Å²) in [7, 11) is 6.96. The summed E-state index contributed by atoms with van der Waals surface area (Å²) in [6.45, 7) is 7.05. The number of carbonyl (C=O) groups excluding carboxylic acids is 2. The van der Waals surface area contributed by atoms with E-state index in [2.05, 4.69) is 52.3 Å². The van der Waals surface area contributed by atoms with Gasteiger partial charge in [-0.1, -0.05) is 20.8 Å². The van der Waals surface area contributed by atoms with Crippen molar-refractivity contribution in [2.75, 3.05) is 46.3 Å². The molecule has 3 rings (SSSR count). The van der Waals surface area contributed by atoms with Gasteiger partial charge in [0.1, 0.15) is 5.84 Å². The SMILES string of the molecule is CNC(=O)c1cc2c(cc1N(C)C)CN(CC(=O)c1cc(OCCCC#N)c(OC)c(C(C)(C)C)c1)/C2=N\Br. The predicted octanol–water partition coefficient (Wildman–Crippen LogP) is 4.86. The summed E-state index contributed by atoms with van der Waals surface area (Å²) in [6, 6.07) is 9.50. The van der Waals surface area contributed by atoms with Crippen LogP contribution in [0, 0.1) is 11.3 Å². The molecule has 10 heteroatoms. The first kappa shape index (κ1) is 30.0. The quantitative estimate of drug-likeness (QED) is 0.308. The number of ether oxygens (including phenoxy) is 2. The zero-order valence-corrected chi connectivity index (χ0v) is 25.2. The van der Waals surface area contributed by atoms with Crippen molar-refractivity contribution in [2.24, 2.45) is 4.02 Å². The summed E-state index contributed by atoms with van der Waals surface area (Å²) in [5, 5.41) is 11.6. The van der Waals surface area contributed by atoms with Gasteiger partial charge in [0.25, 0.3) is 5.91 Å². The number of Topliss-reactive ketones (excluding diaryl/α,β-unsaturated/α-hetero) is 1. The molecule has 1 heterocycles. The Kier molecular flexibility index (Phi) is 9.62. The van der Waals surface area contributed by atoms with Gasteiger partial charge in [0.15, 0.2) is 17.3 Å². The average Bonchev–Trinajstić information content (AvgIpc) is 3.24. The van der Waals surface area contributed by atoms with Crippen LogP contribution in [0.5, 0.6) is 11.5 Å². The van der Waals surface area contributed by atoms with Crippen LogP contribution in [0.15, 0.2) is 28.3 Å². The maximum Gasteiger partial charge on any atom is 0.253 e. The number of hydrogen-bond donors (Lipinski definition) is 1. The fourth-order valence-corrected chi connectivity index (χ4v) is 4.99. The molecule has 0 radical (unpaired) electrons. The Morgan fingerprint density at radius 1 is 1.23 bits per heavy atom. The summed E-state index contributed by atoms with van der Waals surface area (Å²) in [6.07, 6.45) is 0.959. The van der Waals surface area contributed by atoms with Gasteiger partial charge in [-0.15, -0.1) is 0 Å². The lowest BCUT2D eigenvalue weighted by molar-refractivity contribution is 0.0955. The minimum atomic E-state index is -0.308. The summed E-state index contributed by atoms with van der Waals surface area (Å²) < 4.78 is 16.0. The van der Waals surface area contributed by atoms with Gasteiger partial charge >= 0.3 is 0 Å². The molecule has 1 amide bonds. The third kappa shape index (κ3) is 6.53. The first-order chi connectivity index (χ1) is 18.5. The lowest BCUT2D eigenvalue weighted by Gasteiger charge is -2.25. The highest BCUT2D eigenvalue weighted by atomic mass is 79.9. The number of amides is 1. The first-order valence-corrected chi connectivity index (χ1v) is 13.4. The average molecular weight is 599 g/mol. The molecule has 2 aromatic carbocycles. The fraction of sp³-hybridized carbons (Fsp3) is 0.448. The number of carbonyl (C=O) groups is 2. The van der Waals surface area contributed by atoms with Gasteiger partial charge in [-0.05, 0) is 41.7 Å². The number of ketones is 1.